The molecule has 0 spiro atoms. The van der Waals surface area contributed by atoms with Gasteiger partial charge in [-0.1, -0.05) is 26.0 Å². The number of phenolic OH excluding ortho intramolecular Hbond substituents is 1. The average Bonchev–Trinajstić information content (AvgIpc) is 2.35. The van der Waals surface area contributed by atoms with Crippen LogP contribution in [0.3, 0.4) is 0 Å². The summed E-state index contributed by atoms with van der Waals surface area (Å²) in [4.78, 5) is 31.6. The summed E-state index contributed by atoms with van der Waals surface area (Å²) in [5.74, 6) is -1.81. The number of hydrogen-bond acceptors (Lipinski definition) is 6. The lowest BCUT2D eigenvalue weighted by Gasteiger charge is -2.11. The van der Waals surface area contributed by atoms with E-state index in [2.05, 4.69) is 9.78 Å². The molecular weight excluding hydrogens is 250 g/mol. The number of hydrogen-bond donors (Lipinski definition) is 2. The predicted octanol–water partition coefficient (Wildman–Crippen LogP) is 1.38. The molecule has 0 heterocycles. The summed E-state index contributed by atoms with van der Waals surface area (Å²) >= 11 is 0. The number of para-hydroxylation sites is 1. The third-order valence-electron chi connectivity index (χ3n) is 2.35. The van der Waals surface area contributed by atoms with Crippen molar-refractivity contribution in [3.05, 3.63) is 29.8 Å². The average molecular weight is 267 g/mol. The van der Waals surface area contributed by atoms with Crippen LogP contribution in [0.4, 0.5) is 0 Å². The van der Waals surface area contributed by atoms with Crippen LogP contribution in [0.15, 0.2) is 24.3 Å². The first kappa shape index (κ1) is 15.0. The molecule has 0 amide bonds. The molecule has 1 aromatic carbocycles. The Morgan fingerprint density at radius 3 is 2.47 bits per heavy atom. The van der Waals surface area contributed by atoms with E-state index in [-0.39, 0.29) is 17.2 Å². The summed E-state index contributed by atoms with van der Waals surface area (Å²) in [5, 5.41) is 9.41. The van der Waals surface area contributed by atoms with Gasteiger partial charge >= 0.3 is 11.9 Å². The lowest BCUT2D eigenvalue weighted by molar-refractivity contribution is -0.235. The first-order valence-electron chi connectivity index (χ1n) is 5.88. The lowest BCUT2D eigenvalue weighted by Crippen LogP contribution is -2.34. The van der Waals surface area contributed by atoms with Crippen molar-refractivity contribution < 1.29 is 24.5 Å². The van der Waals surface area contributed by atoms with Gasteiger partial charge < -0.3 is 10.8 Å². The summed E-state index contributed by atoms with van der Waals surface area (Å²) in [6.07, 6.45) is 0.424. The quantitative estimate of drug-likeness (QED) is 0.631. The minimum Gasteiger partial charge on any atom is -0.507 e. The van der Waals surface area contributed by atoms with Gasteiger partial charge in [0.05, 0.1) is 0 Å². The highest BCUT2D eigenvalue weighted by atomic mass is 17.2. The molecule has 0 aromatic heterocycles. The molecule has 1 aromatic rings. The number of carbonyl (C=O) groups excluding carboxylic acids is 2. The van der Waals surface area contributed by atoms with Crippen LogP contribution >= 0.6 is 0 Å². The van der Waals surface area contributed by atoms with E-state index >= 15 is 0 Å². The molecule has 0 aliphatic heterocycles. The van der Waals surface area contributed by atoms with E-state index in [4.69, 9.17) is 5.73 Å². The van der Waals surface area contributed by atoms with E-state index in [9.17, 15) is 14.7 Å². The van der Waals surface area contributed by atoms with E-state index in [0.29, 0.717) is 6.42 Å². The van der Waals surface area contributed by atoms with E-state index in [0.717, 1.165) is 0 Å². The van der Waals surface area contributed by atoms with Crippen LogP contribution in [0.2, 0.25) is 0 Å². The summed E-state index contributed by atoms with van der Waals surface area (Å²) in [6.45, 7) is 3.81. The highest BCUT2D eigenvalue weighted by Crippen LogP contribution is 2.16. The SMILES string of the molecule is CC(C)CC(N)C(=O)OOC(=O)c1ccccc1O. The van der Waals surface area contributed by atoms with Crippen LogP contribution in [-0.2, 0) is 14.6 Å². The molecule has 1 atom stereocenters. The molecular formula is C13H17NO5. The molecule has 0 aliphatic rings. The highest BCUT2D eigenvalue weighted by molar-refractivity contribution is 5.92. The minimum atomic E-state index is -0.955. The Bertz CT molecular complexity index is 458. The summed E-state index contributed by atoms with van der Waals surface area (Å²) < 4.78 is 0. The molecule has 104 valence electrons. The Kier molecular flexibility index (Phi) is 5.32. The fourth-order valence-electron chi connectivity index (χ4n) is 1.44. The van der Waals surface area contributed by atoms with Crippen LogP contribution in [0.5, 0.6) is 5.75 Å². The van der Waals surface area contributed by atoms with Gasteiger partial charge in [-0.25, -0.2) is 19.4 Å². The molecule has 6 heteroatoms. The molecule has 0 fully saturated rings. The van der Waals surface area contributed by atoms with Crippen molar-refractivity contribution in [3.8, 4) is 5.75 Å². The second-order valence-electron chi connectivity index (χ2n) is 4.53. The van der Waals surface area contributed by atoms with Crippen LogP contribution in [0.1, 0.15) is 30.6 Å². The first-order chi connectivity index (χ1) is 8.91. The van der Waals surface area contributed by atoms with Crippen LogP contribution in [0, 0.1) is 5.92 Å². The van der Waals surface area contributed by atoms with Gasteiger partial charge in [-0.3, -0.25) is 0 Å². The lowest BCUT2D eigenvalue weighted by atomic mass is 10.1. The van der Waals surface area contributed by atoms with Gasteiger partial charge in [0.15, 0.2) is 0 Å². The maximum absolute atomic E-state index is 11.5. The van der Waals surface area contributed by atoms with Crippen molar-refractivity contribution >= 4 is 11.9 Å². The van der Waals surface area contributed by atoms with Crippen LogP contribution < -0.4 is 5.73 Å². The highest BCUT2D eigenvalue weighted by Gasteiger charge is 2.21. The zero-order valence-electron chi connectivity index (χ0n) is 10.8. The normalized spacial score (nSPS) is 12.0. The maximum Gasteiger partial charge on any atom is 0.390 e. The molecule has 1 rings (SSSR count). The number of phenols is 1. The molecule has 1 unspecified atom stereocenters. The van der Waals surface area contributed by atoms with Gasteiger partial charge in [0.2, 0.25) is 0 Å². The molecule has 0 saturated carbocycles. The van der Waals surface area contributed by atoms with Crippen molar-refractivity contribution in [1.82, 2.24) is 0 Å². The molecule has 6 nitrogen and oxygen atoms in total. The maximum atomic E-state index is 11.5. The fraction of sp³-hybridized carbons (Fsp3) is 0.385. The zero-order chi connectivity index (χ0) is 14.4. The van der Waals surface area contributed by atoms with Gasteiger partial charge in [0.1, 0.15) is 17.4 Å². The Balaban J connectivity index is 2.51. The monoisotopic (exact) mass is 267 g/mol. The van der Waals surface area contributed by atoms with E-state index in [1.165, 1.54) is 12.1 Å². The molecule has 0 bridgehead atoms. The van der Waals surface area contributed by atoms with Crippen molar-refractivity contribution in [2.75, 3.05) is 0 Å². The molecule has 0 aliphatic carbocycles. The second-order valence-corrected chi connectivity index (χ2v) is 4.53. The Labute approximate surface area is 111 Å². The molecule has 19 heavy (non-hydrogen) atoms. The fourth-order valence-corrected chi connectivity index (χ4v) is 1.44. The smallest absolute Gasteiger partial charge is 0.390 e. The standard InChI is InChI=1S/C13H17NO5/c1-8(2)7-10(14)13(17)19-18-12(16)9-5-3-4-6-11(9)15/h3-6,8,10,15H,7,14H2,1-2H3. The van der Waals surface area contributed by atoms with Gasteiger partial charge in [-0.05, 0) is 24.5 Å². The Hall–Kier alpha value is -2.08. The molecule has 0 radical (unpaired) electrons. The number of rotatable bonds is 4. The van der Waals surface area contributed by atoms with E-state index in [1.54, 1.807) is 12.1 Å². The number of nitrogens with two attached hydrogens (primary N) is 1. The van der Waals surface area contributed by atoms with Crippen molar-refractivity contribution in [1.29, 1.82) is 0 Å². The minimum absolute atomic E-state index is 0.0901. The van der Waals surface area contributed by atoms with E-state index < -0.39 is 18.0 Å². The number of aromatic hydroxyl groups is 1. The van der Waals surface area contributed by atoms with Gasteiger partial charge in [-0.2, -0.15) is 0 Å². The van der Waals surface area contributed by atoms with Gasteiger partial charge in [-0.15, -0.1) is 0 Å². The Morgan fingerprint density at radius 1 is 1.26 bits per heavy atom. The van der Waals surface area contributed by atoms with Gasteiger partial charge in [0.25, 0.3) is 0 Å². The number of carbonyl (C=O) groups is 2. The summed E-state index contributed by atoms with van der Waals surface area (Å²) in [6, 6.07) is 4.92. The van der Waals surface area contributed by atoms with Gasteiger partial charge in [0, 0.05) is 0 Å². The largest absolute Gasteiger partial charge is 0.507 e. The first-order valence-corrected chi connectivity index (χ1v) is 5.88. The predicted molar refractivity (Wildman–Crippen MR) is 67.0 cm³/mol. The molecule has 0 saturated heterocycles. The van der Waals surface area contributed by atoms with Crippen LogP contribution in [-0.4, -0.2) is 23.1 Å². The second kappa shape index (κ2) is 6.75. The third kappa shape index (κ3) is 4.59. The zero-order valence-corrected chi connectivity index (χ0v) is 10.8. The van der Waals surface area contributed by atoms with E-state index in [1.807, 2.05) is 13.8 Å². The summed E-state index contributed by atoms with van der Waals surface area (Å²) in [5.41, 5.74) is 5.47. The van der Waals surface area contributed by atoms with Crippen molar-refractivity contribution in [2.24, 2.45) is 11.7 Å². The summed E-state index contributed by atoms with van der Waals surface area (Å²) in [7, 11) is 0. The number of benzene rings is 1. The molecule has 3 N–H and O–H groups in total. The van der Waals surface area contributed by atoms with Crippen molar-refractivity contribution in [2.45, 2.75) is 26.3 Å². The topological polar surface area (TPSA) is 98.9 Å². The van der Waals surface area contributed by atoms with Crippen molar-refractivity contribution in [3.63, 3.8) is 0 Å². The third-order valence-corrected chi connectivity index (χ3v) is 2.35. The van der Waals surface area contributed by atoms with Crippen LogP contribution in [0.25, 0.3) is 0 Å². The Morgan fingerprint density at radius 2 is 1.89 bits per heavy atom.